The Bertz CT molecular complexity index is 533. The molecule has 1 aromatic heterocycles. The second kappa shape index (κ2) is 6.48. The van der Waals surface area contributed by atoms with Crippen LogP contribution in [-0.4, -0.2) is 22.5 Å². The van der Waals surface area contributed by atoms with E-state index in [4.69, 9.17) is 18.0 Å². The van der Waals surface area contributed by atoms with Gasteiger partial charge in [0.2, 0.25) is 0 Å². The summed E-state index contributed by atoms with van der Waals surface area (Å²) in [6.45, 7) is -1.02. The monoisotopic (exact) mass is 293 g/mol. The number of nitrogens with zero attached hydrogens (tertiary/aromatic N) is 2. The van der Waals surface area contributed by atoms with E-state index in [0.717, 1.165) is 6.20 Å². The number of hydrogen-bond acceptors (Lipinski definition) is 3. The van der Waals surface area contributed by atoms with Crippen LogP contribution in [0.3, 0.4) is 0 Å². The van der Waals surface area contributed by atoms with Gasteiger partial charge in [0.25, 0.3) is 5.56 Å². The van der Waals surface area contributed by atoms with Crippen LogP contribution in [0.5, 0.6) is 0 Å². The lowest BCUT2D eigenvalue weighted by Crippen LogP contribution is -2.30. The number of hydrogen-bond donors (Lipinski definition) is 1. The van der Waals surface area contributed by atoms with Crippen LogP contribution in [0.15, 0.2) is 11.0 Å². The smallest absolute Gasteiger partial charge is 0.382 e. The van der Waals surface area contributed by atoms with Gasteiger partial charge in [0, 0.05) is 13.0 Å². The first kappa shape index (κ1) is 15.4. The Labute approximate surface area is 112 Å². The Morgan fingerprint density at radius 1 is 1.53 bits per heavy atom. The van der Waals surface area contributed by atoms with Crippen molar-refractivity contribution in [1.29, 1.82) is 0 Å². The molecule has 0 saturated carbocycles. The maximum Gasteiger partial charge on any atom is 0.408 e. The molecule has 0 spiro atoms. The lowest BCUT2D eigenvalue weighted by atomic mass is 10.3. The molecule has 1 aromatic rings. The van der Waals surface area contributed by atoms with Crippen molar-refractivity contribution >= 4 is 17.3 Å². The minimum absolute atomic E-state index is 0.196. The van der Waals surface area contributed by atoms with Crippen molar-refractivity contribution in [2.75, 3.05) is 11.9 Å². The molecule has 4 nitrogen and oxygen atoms in total. The normalized spacial score (nSPS) is 11.1. The highest BCUT2D eigenvalue weighted by Crippen LogP contribution is 2.19. The van der Waals surface area contributed by atoms with E-state index in [9.17, 15) is 18.0 Å². The molecule has 1 N–H and O–H groups in total. The van der Waals surface area contributed by atoms with Crippen LogP contribution in [0.4, 0.5) is 18.9 Å². The molecule has 0 aliphatic rings. The number of halogens is 4. The summed E-state index contributed by atoms with van der Waals surface area (Å²) in [6, 6.07) is 0. The molecule has 0 unspecified atom stereocenters. The Morgan fingerprint density at radius 3 is 2.79 bits per heavy atom. The van der Waals surface area contributed by atoms with Gasteiger partial charge in [-0.2, -0.15) is 18.3 Å². The SMILES string of the molecule is C#CCCCNc1cnn(CC(F)(F)F)c(=O)c1Cl. The van der Waals surface area contributed by atoms with Crippen LogP contribution < -0.4 is 10.9 Å². The number of alkyl halides is 3. The zero-order valence-electron chi connectivity index (χ0n) is 9.80. The number of anilines is 1. The zero-order chi connectivity index (χ0) is 14.5. The Hall–Kier alpha value is -1.68. The largest absolute Gasteiger partial charge is 0.408 e. The minimum Gasteiger partial charge on any atom is -0.382 e. The van der Waals surface area contributed by atoms with Crippen LogP contribution >= 0.6 is 11.6 Å². The standard InChI is InChI=1S/C11H11ClF3N3O/c1-2-3-4-5-16-8-6-17-18(7-11(13,14)15)10(19)9(8)12/h1,6,16H,3-5,7H2. The summed E-state index contributed by atoms with van der Waals surface area (Å²) in [5, 5.41) is 5.89. The first-order chi connectivity index (χ1) is 8.85. The lowest BCUT2D eigenvalue weighted by Gasteiger charge is -2.11. The maximum absolute atomic E-state index is 12.2. The lowest BCUT2D eigenvalue weighted by molar-refractivity contribution is -0.143. The molecule has 1 heterocycles. The van der Waals surface area contributed by atoms with Crippen molar-refractivity contribution in [3.63, 3.8) is 0 Å². The van der Waals surface area contributed by atoms with Crippen LogP contribution in [0.2, 0.25) is 5.02 Å². The summed E-state index contributed by atoms with van der Waals surface area (Å²) in [6.07, 6.45) is 2.82. The van der Waals surface area contributed by atoms with Gasteiger partial charge in [-0.15, -0.1) is 12.3 Å². The average molecular weight is 294 g/mol. The molecule has 0 amide bonds. The van der Waals surface area contributed by atoms with Crippen molar-refractivity contribution in [3.8, 4) is 12.3 Å². The molecule has 104 valence electrons. The Morgan fingerprint density at radius 2 is 2.21 bits per heavy atom. The molecule has 0 radical (unpaired) electrons. The van der Waals surface area contributed by atoms with Gasteiger partial charge in [0.05, 0.1) is 11.9 Å². The Balaban J connectivity index is 2.81. The van der Waals surface area contributed by atoms with Crippen molar-refractivity contribution in [2.24, 2.45) is 0 Å². The van der Waals surface area contributed by atoms with Crippen molar-refractivity contribution in [1.82, 2.24) is 9.78 Å². The van der Waals surface area contributed by atoms with Crippen LogP contribution in [0, 0.1) is 12.3 Å². The summed E-state index contributed by atoms with van der Waals surface area (Å²) >= 11 is 5.70. The van der Waals surface area contributed by atoms with Gasteiger partial charge in [0.1, 0.15) is 11.6 Å². The van der Waals surface area contributed by atoms with Gasteiger partial charge >= 0.3 is 6.18 Å². The second-order valence-electron chi connectivity index (χ2n) is 3.68. The summed E-state index contributed by atoms with van der Waals surface area (Å²) in [4.78, 5) is 11.6. The average Bonchev–Trinajstić information content (AvgIpc) is 2.31. The molecule has 0 fully saturated rings. The molecule has 19 heavy (non-hydrogen) atoms. The number of rotatable bonds is 5. The highest BCUT2D eigenvalue weighted by molar-refractivity contribution is 6.32. The van der Waals surface area contributed by atoms with E-state index >= 15 is 0 Å². The molecule has 1 rings (SSSR count). The molecule has 0 atom stereocenters. The second-order valence-corrected chi connectivity index (χ2v) is 4.06. The molecule has 8 heteroatoms. The first-order valence-electron chi connectivity index (χ1n) is 5.35. The number of terminal acetylenes is 1. The van der Waals surface area contributed by atoms with E-state index in [1.165, 1.54) is 0 Å². The van der Waals surface area contributed by atoms with E-state index in [1.807, 2.05) is 0 Å². The van der Waals surface area contributed by atoms with Crippen molar-refractivity contribution in [3.05, 3.63) is 21.6 Å². The van der Waals surface area contributed by atoms with Crippen LogP contribution in [-0.2, 0) is 6.54 Å². The van der Waals surface area contributed by atoms with Gasteiger partial charge < -0.3 is 5.32 Å². The zero-order valence-corrected chi connectivity index (χ0v) is 10.6. The summed E-state index contributed by atoms with van der Waals surface area (Å²) in [5.41, 5.74) is -0.789. The number of unbranched alkanes of at least 4 members (excludes halogenated alkanes) is 1. The molecule has 0 aromatic carbocycles. The van der Waals surface area contributed by atoms with Crippen LogP contribution in [0.25, 0.3) is 0 Å². The molecule has 0 aliphatic carbocycles. The van der Waals surface area contributed by atoms with Gasteiger partial charge in [-0.25, -0.2) is 4.68 Å². The predicted octanol–water partition coefficient (Wildman–Crippen LogP) is 2.28. The van der Waals surface area contributed by atoms with E-state index in [0.29, 0.717) is 19.4 Å². The fourth-order valence-corrected chi connectivity index (χ4v) is 1.50. The van der Waals surface area contributed by atoms with Gasteiger partial charge in [0.15, 0.2) is 0 Å². The van der Waals surface area contributed by atoms with Crippen LogP contribution in [0.1, 0.15) is 12.8 Å². The molecule has 0 bridgehead atoms. The highest BCUT2D eigenvalue weighted by Gasteiger charge is 2.29. The molecular formula is C11H11ClF3N3O. The van der Waals surface area contributed by atoms with Gasteiger partial charge in [-0.1, -0.05) is 11.6 Å². The Kier molecular flexibility index (Phi) is 5.24. The quantitative estimate of drug-likeness (QED) is 0.669. The predicted molar refractivity (Wildman–Crippen MR) is 66.1 cm³/mol. The fraction of sp³-hybridized carbons (Fsp3) is 0.455. The third-order valence-electron chi connectivity index (χ3n) is 2.13. The third-order valence-corrected chi connectivity index (χ3v) is 2.49. The topological polar surface area (TPSA) is 46.9 Å². The summed E-state index contributed by atoms with van der Waals surface area (Å²) in [7, 11) is 0. The van der Waals surface area contributed by atoms with Gasteiger partial charge in [-0.05, 0) is 6.42 Å². The van der Waals surface area contributed by atoms with E-state index < -0.39 is 18.3 Å². The summed E-state index contributed by atoms with van der Waals surface area (Å²) in [5.74, 6) is 2.44. The van der Waals surface area contributed by atoms with Crippen molar-refractivity contribution in [2.45, 2.75) is 25.6 Å². The minimum atomic E-state index is -4.53. The molecule has 0 saturated heterocycles. The maximum atomic E-state index is 12.2. The molecule has 0 aliphatic heterocycles. The third kappa shape index (κ3) is 4.83. The first-order valence-corrected chi connectivity index (χ1v) is 5.72. The summed E-state index contributed by atoms with van der Waals surface area (Å²) < 4.78 is 36.8. The van der Waals surface area contributed by atoms with Crippen molar-refractivity contribution < 1.29 is 13.2 Å². The van der Waals surface area contributed by atoms with Gasteiger partial charge in [-0.3, -0.25) is 4.79 Å². The van der Waals surface area contributed by atoms with E-state index in [2.05, 4.69) is 16.3 Å². The highest BCUT2D eigenvalue weighted by atomic mass is 35.5. The number of aromatic nitrogens is 2. The number of nitrogens with one attached hydrogen (secondary N) is 1. The molecular weight excluding hydrogens is 283 g/mol. The van der Waals surface area contributed by atoms with E-state index in [-0.39, 0.29) is 15.4 Å². The van der Waals surface area contributed by atoms with E-state index in [1.54, 1.807) is 0 Å². The fourth-order valence-electron chi connectivity index (χ4n) is 1.28.